The van der Waals surface area contributed by atoms with E-state index >= 15 is 0 Å². The van der Waals surface area contributed by atoms with E-state index in [0.717, 1.165) is 23.2 Å². The van der Waals surface area contributed by atoms with E-state index < -0.39 is 12.1 Å². The molecule has 23 heavy (non-hydrogen) atoms. The van der Waals surface area contributed by atoms with Crippen LogP contribution in [0.5, 0.6) is 0 Å². The Morgan fingerprint density at radius 1 is 1.09 bits per heavy atom. The Kier molecular flexibility index (Phi) is 4.15. The van der Waals surface area contributed by atoms with Crippen molar-refractivity contribution in [2.75, 3.05) is 11.4 Å². The summed E-state index contributed by atoms with van der Waals surface area (Å²) in [7, 11) is 0. The first-order chi connectivity index (χ1) is 11.1. The zero-order valence-electron chi connectivity index (χ0n) is 13.3. The summed E-state index contributed by atoms with van der Waals surface area (Å²) in [6.45, 7) is 4.20. The molecule has 2 aromatic rings. The van der Waals surface area contributed by atoms with Gasteiger partial charge in [-0.15, -0.1) is 0 Å². The number of carbonyl (C=O) groups is 2. The van der Waals surface area contributed by atoms with E-state index in [9.17, 15) is 9.59 Å². The molecule has 4 nitrogen and oxygen atoms in total. The van der Waals surface area contributed by atoms with Gasteiger partial charge in [-0.3, -0.25) is 4.79 Å². The Morgan fingerprint density at radius 2 is 1.78 bits per heavy atom. The summed E-state index contributed by atoms with van der Waals surface area (Å²) in [6.07, 6.45) is 0.0236. The van der Waals surface area contributed by atoms with Crippen molar-refractivity contribution in [3.63, 3.8) is 0 Å². The van der Waals surface area contributed by atoms with Gasteiger partial charge in [-0.05, 0) is 44.0 Å². The van der Waals surface area contributed by atoms with Gasteiger partial charge in [0, 0.05) is 12.2 Å². The topological polar surface area (TPSA) is 46.6 Å². The summed E-state index contributed by atoms with van der Waals surface area (Å²) >= 11 is 0. The van der Waals surface area contributed by atoms with Crippen LogP contribution in [0.25, 0.3) is 0 Å². The van der Waals surface area contributed by atoms with Crippen molar-refractivity contribution in [3.8, 4) is 0 Å². The molecule has 118 valence electrons. The molecule has 0 bridgehead atoms. The van der Waals surface area contributed by atoms with E-state index in [2.05, 4.69) is 0 Å². The highest BCUT2D eigenvalue weighted by Crippen LogP contribution is 2.28. The van der Waals surface area contributed by atoms with E-state index in [1.165, 1.54) is 0 Å². The Hall–Kier alpha value is -2.62. The lowest BCUT2D eigenvalue weighted by Crippen LogP contribution is -2.39. The van der Waals surface area contributed by atoms with Gasteiger partial charge >= 0.3 is 5.97 Å². The summed E-state index contributed by atoms with van der Waals surface area (Å²) in [5.41, 5.74) is 3.59. The van der Waals surface area contributed by atoms with Crippen LogP contribution in [0.4, 0.5) is 5.69 Å². The third kappa shape index (κ3) is 3.11. The van der Waals surface area contributed by atoms with Gasteiger partial charge in [-0.2, -0.15) is 0 Å². The number of esters is 1. The Labute approximate surface area is 135 Å². The molecule has 4 heteroatoms. The minimum atomic E-state index is -0.810. The number of para-hydroxylation sites is 1. The number of anilines is 1. The number of ether oxygens (including phenoxy) is 1. The van der Waals surface area contributed by atoms with E-state index in [4.69, 9.17) is 4.74 Å². The molecule has 0 fully saturated rings. The quantitative estimate of drug-likeness (QED) is 0.818. The highest BCUT2D eigenvalue weighted by atomic mass is 16.5. The van der Waals surface area contributed by atoms with Crippen LogP contribution in [0.2, 0.25) is 0 Å². The largest absolute Gasteiger partial charge is 0.449 e. The molecule has 0 saturated heterocycles. The second-order valence-electron chi connectivity index (χ2n) is 5.78. The minimum absolute atomic E-state index is 0.185. The summed E-state index contributed by atoms with van der Waals surface area (Å²) < 4.78 is 5.34. The lowest BCUT2D eigenvalue weighted by molar-refractivity contribution is -0.126. The van der Waals surface area contributed by atoms with Crippen molar-refractivity contribution in [1.82, 2.24) is 0 Å². The highest BCUT2D eigenvalue weighted by molar-refractivity contribution is 6.00. The van der Waals surface area contributed by atoms with Crippen molar-refractivity contribution < 1.29 is 14.3 Å². The van der Waals surface area contributed by atoms with Crippen molar-refractivity contribution in [2.24, 2.45) is 0 Å². The van der Waals surface area contributed by atoms with Crippen LogP contribution >= 0.6 is 0 Å². The van der Waals surface area contributed by atoms with Gasteiger partial charge in [0.2, 0.25) is 0 Å². The van der Waals surface area contributed by atoms with Crippen molar-refractivity contribution in [3.05, 3.63) is 65.2 Å². The predicted octanol–water partition coefficient (Wildman–Crippen LogP) is 3.13. The summed E-state index contributed by atoms with van der Waals surface area (Å²) in [5.74, 6) is -0.659. The molecule has 0 unspecified atom stereocenters. The molecule has 1 aliphatic rings. The lowest BCUT2D eigenvalue weighted by atomic mass is 10.1. The predicted molar refractivity (Wildman–Crippen MR) is 88.6 cm³/mol. The average molecular weight is 309 g/mol. The number of hydrogen-bond acceptors (Lipinski definition) is 3. The van der Waals surface area contributed by atoms with Gasteiger partial charge in [0.1, 0.15) is 0 Å². The van der Waals surface area contributed by atoms with Crippen molar-refractivity contribution in [1.29, 1.82) is 0 Å². The molecule has 0 spiro atoms. The van der Waals surface area contributed by atoms with Gasteiger partial charge in [0.25, 0.3) is 5.91 Å². The summed E-state index contributed by atoms with van der Waals surface area (Å²) in [4.78, 5) is 26.4. The fourth-order valence-corrected chi connectivity index (χ4v) is 2.76. The monoisotopic (exact) mass is 309 g/mol. The Balaban J connectivity index is 1.69. The fourth-order valence-electron chi connectivity index (χ4n) is 2.76. The van der Waals surface area contributed by atoms with Gasteiger partial charge in [-0.1, -0.05) is 35.9 Å². The van der Waals surface area contributed by atoms with E-state index in [1.807, 2.05) is 43.3 Å². The number of benzene rings is 2. The number of aryl methyl sites for hydroxylation is 1. The SMILES string of the molecule is Cc1ccc(C(=O)O[C@@H](C)C(=O)N2CCc3ccccc32)cc1. The van der Waals surface area contributed by atoms with Crippen LogP contribution in [-0.4, -0.2) is 24.5 Å². The fraction of sp³-hybridized carbons (Fsp3) is 0.263. The molecule has 0 saturated carbocycles. The van der Waals surface area contributed by atoms with Gasteiger partial charge < -0.3 is 9.64 Å². The zero-order valence-corrected chi connectivity index (χ0v) is 13.3. The van der Waals surface area contributed by atoms with Gasteiger partial charge in [-0.25, -0.2) is 4.79 Å². The number of rotatable bonds is 3. The molecule has 1 amide bonds. The third-order valence-corrected chi connectivity index (χ3v) is 4.07. The van der Waals surface area contributed by atoms with E-state index in [1.54, 1.807) is 24.0 Å². The maximum atomic E-state index is 12.6. The standard InChI is InChI=1S/C19H19NO3/c1-13-7-9-16(10-8-13)19(22)23-14(2)18(21)20-12-11-15-5-3-4-6-17(15)20/h3-10,14H,11-12H2,1-2H3/t14-/m0/s1. The second kappa shape index (κ2) is 6.24. The van der Waals surface area contributed by atoms with Crippen LogP contribution < -0.4 is 4.90 Å². The first kappa shape index (κ1) is 15.3. The Morgan fingerprint density at radius 3 is 2.52 bits per heavy atom. The number of amides is 1. The van der Waals surface area contributed by atoms with Gasteiger partial charge in [0.05, 0.1) is 5.56 Å². The first-order valence-electron chi connectivity index (χ1n) is 7.73. The number of fused-ring (bicyclic) bond motifs is 1. The smallest absolute Gasteiger partial charge is 0.338 e. The molecule has 3 rings (SSSR count). The molecule has 0 aliphatic carbocycles. The van der Waals surface area contributed by atoms with Crippen molar-refractivity contribution >= 4 is 17.6 Å². The van der Waals surface area contributed by atoms with E-state index in [-0.39, 0.29) is 5.91 Å². The molecule has 2 aromatic carbocycles. The Bertz CT molecular complexity index is 737. The third-order valence-electron chi connectivity index (χ3n) is 4.07. The van der Waals surface area contributed by atoms with Crippen LogP contribution in [0.15, 0.2) is 48.5 Å². The maximum Gasteiger partial charge on any atom is 0.338 e. The van der Waals surface area contributed by atoms with Crippen LogP contribution in [0.3, 0.4) is 0 Å². The minimum Gasteiger partial charge on any atom is -0.449 e. The number of carbonyl (C=O) groups excluding carboxylic acids is 2. The molecule has 0 aromatic heterocycles. The molecule has 1 atom stereocenters. The van der Waals surface area contributed by atoms with Gasteiger partial charge in [0.15, 0.2) is 6.10 Å². The number of nitrogens with zero attached hydrogens (tertiary/aromatic N) is 1. The normalized spacial score (nSPS) is 14.3. The first-order valence-corrected chi connectivity index (χ1v) is 7.73. The highest BCUT2D eigenvalue weighted by Gasteiger charge is 2.29. The second-order valence-corrected chi connectivity index (χ2v) is 5.78. The molecule has 0 radical (unpaired) electrons. The lowest BCUT2D eigenvalue weighted by Gasteiger charge is -2.21. The van der Waals surface area contributed by atoms with Crippen LogP contribution in [0.1, 0.15) is 28.4 Å². The molecule has 1 heterocycles. The van der Waals surface area contributed by atoms with Crippen LogP contribution in [0, 0.1) is 6.92 Å². The van der Waals surface area contributed by atoms with E-state index in [0.29, 0.717) is 12.1 Å². The zero-order chi connectivity index (χ0) is 16.4. The average Bonchev–Trinajstić information content (AvgIpc) is 2.98. The van der Waals surface area contributed by atoms with Crippen molar-refractivity contribution in [2.45, 2.75) is 26.4 Å². The number of hydrogen-bond donors (Lipinski definition) is 0. The summed E-state index contributed by atoms with van der Waals surface area (Å²) in [6, 6.07) is 14.9. The van der Waals surface area contributed by atoms with Crippen LogP contribution in [-0.2, 0) is 16.0 Å². The molecular formula is C19H19NO3. The summed E-state index contributed by atoms with van der Waals surface area (Å²) in [5, 5.41) is 0. The molecule has 1 aliphatic heterocycles. The maximum absolute atomic E-state index is 12.6. The molecular weight excluding hydrogens is 290 g/mol. The molecule has 0 N–H and O–H groups in total.